The monoisotopic (exact) mass is 295 g/mol. The summed E-state index contributed by atoms with van der Waals surface area (Å²) in [6, 6.07) is 6.10. The van der Waals surface area contributed by atoms with Crippen LogP contribution in [0.1, 0.15) is 37.8 Å². The van der Waals surface area contributed by atoms with Crippen molar-refractivity contribution in [3.8, 4) is 5.75 Å². The summed E-state index contributed by atoms with van der Waals surface area (Å²) in [6.07, 6.45) is 1.54. The Hall–Kier alpha value is -1.10. The zero-order valence-corrected chi connectivity index (χ0v) is 13.5. The van der Waals surface area contributed by atoms with Gasteiger partial charge in [-0.25, -0.2) is 0 Å². The number of hydrogen-bond donors (Lipinski definition) is 2. The van der Waals surface area contributed by atoms with Crippen LogP contribution in [0.4, 0.5) is 0 Å². The molecule has 0 aliphatic rings. The van der Waals surface area contributed by atoms with Crippen LogP contribution in [-0.2, 0) is 11.3 Å². The maximum atomic E-state index is 9.90. The molecule has 0 spiro atoms. The summed E-state index contributed by atoms with van der Waals surface area (Å²) in [6.45, 7) is 9.20. The van der Waals surface area contributed by atoms with Gasteiger partial charge in [0.1, 0.15) is 18.5 Å². The van der Waals surface area contributed by atoms with E-state index < -0.39 is 6.10 Å². The standard InChI is InChI=1S/C17H29NO3/c1-4-6-10-20-12-16(19)13-21-17-14(3)8-7-9-15(17)11-18-5-2/h7-9,16,18-19H,4-6,10-13H2,1-3H3. The van der Waals surface area contributed by atoms with Gasteiger partial charge in [0, 0.05) is 18.7 Å². The molecular formula is C17H29NO3. The lowest BCUT2D eigenvalue weighted by Crippen LogP contribution is -2.24. The Bertz CT molecular complexity index is 396. The molecule has 0 aliphatic carbocycles. The van der Waals surface area contributed by atoms with Crippen molar-refractivity contribution in [1.29, 1.82) is 0 Å². The van der Waals surface area contributed by atoms with Crippen LogP contribution < -0.4 is 10.1 Å². The van der Waals surface area contributed by atoms with Gasteiger partial charge in [0.25, 0.3) is 0 Å². The maximum absolute atomic E-state index is 9.90. The summed E-state index contributed by atoms with van der Waals surface area (Å²) in [7, 11) is 0. The number of nitrogens with one attached hydrogen (secondary N) is 1. The van der Waals surface area contributed by atoms with Gasteiger partial charge in [-0.15, -0.1) is 0 Å². The van der Waals surface area contributed by atoms with Gasteiger partial charge < -0.3 is 19.9 Å². The van der Waals surface area contributed by atoms with Gasteiger partial charge in [0.15, 0.2) is 0 Å². The molecule has 1 aromatic rings. The number of aliphatic hydroxyl groups is 1. The first-order valence-corrected chi connectivity index (χ1v) is 7.86. The average Bonchev–Trinajstić information content (AvgIpc) is 2.48. The van der Waals surface area contributed by atoms with Gasteiger partial charge in [-0.05, 0) is 25.5 Å². The van der Waals surface area contributed by atoms with E-state index in [4.69, 9.17) is 9.47 Å². The Morgan fingerprint density at radius 1 is 1.24 bits per heavy atom. The third-order valence-corrected chi connectivity index (χ3v) is 3.23. The zero-order chi connectivity index (χ0) is 15.5. The Morgan fingerprint density at radius 2 is 2.05 bits per heavy atom. The summed E-state index contributed by atoms with van der Waals surface area (Å²) in [5, 5.41) is 13.2. The van der Waals surface area contributed by atoms with E-state index in [0.29, 0.717) is 13.2 Å². The van der Waals surface area contributed by atoms with Gasteiger partial charge in [-0.2, -0.15) is 0 Å². The molecular weight excluding hydrogens is 266 g/mol. The number of ether oxygens (including phenoxy) is 2. The molecule has 1 atom stereocenters. The molecule has 0 fully saturated rings. The van der Waals surface area contributed by atoms with Crippen LogP contribution in [0.2, 0.25) is 0 Å². The molecule has 4 heteroatoms. The number of hydrogen-bond acceptors (Lipinski definition) is 4. The first-order chi connectivity index (χ1) is 10.2. The summed E-state index contributed by atoms with van der Waals surface area (Å²) in [5.41, 5.74) is 2.21. The van der Waals surface area contributed by atoms with E-state index in [1.165, 1.54) is 0 Å². The predicted octanol–water partition coefficient (Wildman–Crippen LogP) is 2.66. The van der Waals surface area contributed by atoms with Crippen molar-refractivity contribution in [2.75, 3.05) is 26.4 Å². The Labute approximate surface area is 128 Å². The van der Waals surface area contributed by atoms with Gasteiger partial charge in [0.05, 0.1) is 6.61 Å². The summed E-state index contributed by atoms with van der Waals surface area (Å²) in [5.74, 6) is 0.867. The van der Waals surface area contributed by atoms with Crippen molar-refractivity contribution in [3.63, 3.8) is 0 Å². The highest BCUT2D eigenvalue weighted by atomic mass is 16.5. The van der Waals surface area contributed by atoms with Crippen molar-refractivity contribution >= 4 is 0 Å². The third kappa shape index (κ3) is 6.93. The molecule has 0 aliphatic heterocycles. The topological polar surface area (TPSA) is 50.7 Å². The number of rotatable bonds is 11. The largest absolute Gasteiger partial charge is 0.490 e. The molecule has 0 saturated carbocycles. The lowest BCUT2D eigenvalue weighted by Gasteiger charge is -2.17. The summed E-state index contributed by atoms with van der Waals surface area (Å²) in [4.78, 5) is 0. The van der Waals surface area contributed by atoms with E-state index in [9.17, 15) is 5.11 Å². The fourth-order valence-corrected chi connectivity index (χ4v) is 2.01. The molecule has 0 heterocycles. The molecule has 4 nitrogen and oxygen atoms in total. The van der Waals surface area contributed by atoms with E-state index in [1.54, 1.807) is 0 Å². The second-order valence-electron chi connectivity index (χ2n) is 5.24. The molecule has 1 aromatic carbocycles. The van der Waals surface area contributed by atoms with Crippen molar-refractivity contribution in [2.45, 2.75) is 46.3 Å². The van der Waals surface area contributed by atoms with E-state index in [0.717, 1.165) is 42.8 Å². The first kappa shape index (κ1) is 18.0. The molecule has 0 amide bonds. The number of aryl methyl sites for hydroxylation is 1. The molecule has 2 N–H and O–H groups in total. The molecule has 0 bridgehead atoms. The van der Waals surface area contributed by atoms with E-state index in [2.05, 4.69) is 25.2 Å². The van der Waals surface area contributed by atoms with Crippen molar-refractivity contribution in [1.82, 2.24) is 5.32 Å². The minimum Gasteiger partial charge on any atom is -0.490 e. The highest BCUT2D eigenvalue weighted by Gasteiger charge is 2.10. The smallest absolute Gasteiger partial charge is 0.126 e. The molecule has 0 saturated heterocycles. The molecule has 1 unspecified atom stereocenters. The predicted molar refractivity (Wildman–Crippen MR) is 85.8 cm³/mol. The summed E-state index contributed by atoms with van der Waals surface area (Å²) >= 11 is 0. The van der Waals surface area contributed by atoms with Crippen molar-refractivity contribution < 1.29 is 14.6 Å². The fraction of sp³-hybridized carbons (Fsp3) is 0.647. The van der Waals surface area contributed by atoms with Gasteiger partial charge in [0.2, 0.25) is 0 Å². The first-order valence-electron chi connectivity index (χ1n) is 7.86. The van der Waals surface area contributed by atoms with Crippen LogP contribution >= 0.6 is 0 Å². The van der Waals surface area contributed by atoms with Crippen LogP contribution in [-0.4, -0.2) is 37.6 Å². The molecule has 1 rings (SSSR count). The quantitative estimate of drug-likeness (QED) is 0.616. The molecule has 120 valence electrons. The van der Waals surface area contributed by atoms with Gasteiger partial charge in [-0.1, -0.05) is 38.5 Å². The number of benzene rings is 1. The maximum Gasteiger partial charge on any atom is 0.126 e. The van der Waals surface area contributed by atoms with Crippen LogP contribution in [0.15, 0.2) is 18.2 Å². The van der Waals surface area contributed by atoms with Crippen LogP contribution in [0, 0.1) is 6.92 Å². The second-order valence-corrected chi connectivity index (χ2v) is 5.24. The van der Waals surface area contributed by atoms with E-state index in [1.807, 2.05) is 19.1 Å². The highest BCUT2D eigenvalue weighted by Crippen LogP contribution is 2.23. The third-order valence-electron chi connectivity index (χ3n) is 3.23. The zero-order valence-electron chi connectivity index (χ0n) is 13.5. The van der Waals surface area contributed by atoms with Gasteiger partial charge in [-0.3, -0.25) is 0 Å². The van der Waals surface area contributed by atoms with Gasteiger partial charge >= 0.3 is 0 Å². The Morgan fingerprint density at radius 3 is 2.76 bits per heavy atom. The molecule has 0 radical (unpaired) electrons. The number of unbranched alkanes of at least 4 members (excludes halogenated alkanes) is 1. The SMILES string of the molecule is CCCCOCC(O)COc1c(C)cccc1CNCC. The van der Waals surface area contributed by atoms with Crippen LogP contribution in [0.5, 0.6) is 5.75 Å². The second kappa shape index (κ2) is 10.6. The van der Waals surface area contributed by atoms with E-state index in [-0.39, 0.29) is 6.61 Å². The van der Waals surface area contributed by atoms with Crippen LogP contribution in [0.3, 0.4) is 0 Å². The van der Waals surface area contributed by atoms with Crippen molar-refractivity contribution in [2.24, 2.45) is 0 Å². The Balaban J connectivity index is 2.46. The normalized spacial score (nSPS) is 12.4. The summed E-state index contributed by atoms with van der Waals surface area (Å²) < 4.78 is 11.2. The Kier molecular flexibility index (Phi) is 9.06. The molecule has 0 aromatic heterocycles. The lowest BCUT2D eigenvalue weighted by atomic mass is 10.1. The fourth-order valence-electron chi connectivity index (χ4n) is 2.01. The van der Waals surface area contributed by atoms with Crippen molar-refractivity contribution in [3.05, 3.63) is 29.3 Å². The molecule has 21 heavy (non-hydrogen) atoms. The number of aliphatic hydroxyl groups excluding tert-OH is 1. The average molecular weight is 295 g/mol. The van der Waals surface area contributed by atoms with E-state index >= 15 is 0 Å². The highest BCUT2D eigenvalue weighted by molar-refractivity contribution is 5.40. The lowest BCUT2D eigenvalue weighted by molar-refractivity contribution is 0.0110. The van der Waals surface area contributed by atoms with Crippen LogP contribution in [0.25, 0.3) is 0 Å². The number of para-hydroxylation sites is 1. The minimum atomic E-state index is -0.589. The minimum absolute atomic E-state index is 0.260.